The van der Waals surface area contributed by atoms with E-state index < -0.39 is 12.0 Å². The van der Waals surface area contributed by atoms with Crippen LogP contribution in [-0.2, 0) is 4.79 Å². The van der Waals surface area contributed by atoms with E-state index in [-0.39, 0.29) is 0 Å². The molecule has 1 heterocycles. The zero-order valence-corrected chi connectivity index (χ0v) is 12.0. The monoisotopic (exact) mass is 301 g/mol. The molecule has 1 aliphatic rings. The highest BCUT2D eigenvalue weighted by molar-refractivity contribution is 7.99. The summed E-state index contributed by atoms with van der Waals surface area (Å²) in [4.78, 5) is 13.1. The maximum absolute atomic E-state index is 11.1. The van der Waals surface area contributed by atoms with Crippen molar-refractivity contribution in [3.8, 4) is 5.75 Å². The molecule has 1 aromatic carbocycles. The molecule has 0 radical (unpaired) electrons. The van der Waals surface area contributed by atoms with Gasteiger partial charge in [0.2, 0.25) is 0 Å². The Morgan fingerprint density at radius 1 is 1.47 bits per heavy atom. The maximum Gasteiger partial charge on any atom is 0.321 e. The minimum Gasteiger partial charge on any atom is -0.492 e. The Morgan fingerprint density at radius 3 is 2.89 bits per heavy atom. The minimum absolute atomic E-state index is 0.396. The summed E-state index contributed by atoms with van der Waals surface area (Å²) >= 11 is 7.48. The quantitative estimate of drug-likeness (QED) is 0.904. The molecule has 0 aliphatic carbocycles. The van der Waals surface area contributed by atoms with Crippen LogP contribution in [0.4, 0.5) is 0 Å². The Morgan fingerprint density at radius 2 is 2.21 bits per heavy atom. The van der Waals surface area contributed by atoms with Crippen LogP contribution in [0.5, 0.6) is 5.75 Å². The van der Waals surface area contributed by atoms with Crippen LogP contribution < -0.4 is 4.74 Å². The molecule has 1 aromatic rings. The summed E-state index contributed by atoms with van der Waals surface area (Å²) in [5.41, 5.74) is 0. The van der Waals surface area contributed by atoms with Gasteiger partial charge in [-0.15, -0.1) is 0 Å². The zero-order chi connectivity index (χ0) is 13.7. The number of carboxylic acid groups (broad SMARTS) is 1. The van der Waals surface area contributed by atoms with Crippen molar-refractivity contribution in [3.05, 3.63) is 29.3 Å². The van der Waals surface area contributed by atoms with Crippen molar-refractivity contribution in [1.29, 1.82) is 0 Å². The molecule has 0 amide bonds. The van der Waals surface area contributed by atoms with Gasteiger partial charge in [0, 0.05) is 29.6 Å². The third-order valence-corrected chi connectivity index (χ3v) is 4.26. The molecule has 19 heavy (non-hydrogen) atoms. The molecular formula is C13H16ClNO3S. The second-order valence-electron chi connectivity index (χ2n) is 4.27. The second-order valence-corrected chi connectivity index (χ2v) is 5.85. The highest BCUT2D eigenvalue weighted by Gasteiger charge is 2.28. The van der Waals surface area contributed by atoms with Gasteiger partial charge in [0.25, 0.3) is 0 Å². The summed E-state index contributed by atoms with van der Waals surface area (Å²) < 4.78 is 5.59. The molecule has 104 valence electrons. The summed E-state index contributed by atoms with van der Waals surface area (Å²) in [5, 5.41) is 9.82. The summed E-state index contributed by atoms with van der Waals surface area (Å²) in [7, 11) is 0. The second kappa shape index (κ2) is 7.03. The SMILES string of the molecule is O=C(O)C1CSCCN1CCOc1ccc(Cl)cc1. The van der Waals surface area contributed by atoms with Crippen LogP contribution in [0.3, 0.4) is 0 Å². The molecular weight excluding hydrogens is 286 g/mol. The Hall–Kier alpha value is -0.910. The molecule has 1 N–H and O–H groups in total. The van der Waals surface area contributed by atoms with Crippen molar-refractivity contribution in [2.75, 3.05) is 31.2 Å². The third kappa shape index (κ3) is 4.30. The maximum atomic E-state index is 11.1. The number of thioether (sulfide) groups is 1. The van der Waals surface area contributed by atoms with Crippen molar-refractivity contribution >= 4 is 29.3 Å². The van der Waals surface area contributed by atoms with Gasteiger partial charge in [-0.2, -0.15) is 11.8 Å². The molecule has 2 rings (SSSR count). The predicted molar refractivity (Wildman–Crippen MR) is 77.3 cm³/mol. The van der Waals surface area contributed by atoms with Crippen LogP contribution in [0.25, 0.3) is 0 Å². The van der Waals surface area contributed by atoms with Gasteiger partial charge in [0.05, 0.1) is 0 Å². The van der Waals surface area contributed by atoms with Crippen LogP contribution in [0.2, 0.25) is 5.02 Å². The van der Waals surface area contributed by atoms with Gasteiger partial charge in [-0.3, -0.25) is 9.69 Å². The Labute approximate surface area is 121 Å². The Bertz CT molecular complexity index is 426. The average molecular weight is 302 g/mol. The van der Waals surface area contributed by atoms with Gasteiger partial charge >= 0.3 is 5.97 Å². The number of ether oxygens (including phenoxy) is 1. The first-order valence-corrected chi connectivity index (χ1v) is 7.63. The van der Waals surface area contributed by atoms with Crippen molar-refractivity contribution in [2.24, 2.45) is 0 Å². The first kappa shape index (κ1) is 14.5. The van der Waals surface area contributed by atoms with Crippen LogP contribution in [0.1, 0.15) is 0 Å². The highest BCUT2D eigenvalue weighted by atomic mass is 35.5. The largest absolute Gasteiger partial charge is 0.492 e. The lowest BCUT2D eigenvalue weighted by Gasteiger charge is -2.32. The number of carboxylic acids is 1. The first-order chi connectivity index (χ1) is 9.16. The normalized spacial score (nSPS) is 20.2. The van der Waals surface area contributed by atoms with Crippen LogP contribution in [0, 0.1) is 0 Å². The standard InChI is InChI=1S/C13H16ClNO3S/c14-10-1-3-11(4-2-10)18-7-5-15-6-8-19-9-12(15)13(16)17/h1-4,12H,5-9H2,(H,16,17). The molecule has 1 saturated heterocycles. The molecule has 6 heteroatoms. The molecule has 0 aromatic heterocycles. The van der Waals surface area contributed by atoms with Gasteiger partial charge in [-0.05, 0) is 24.3 Å². The average Bonchev–Trinajstić information content (AvgIpc) is 2.41. The molecule has 1 fully saturated rings. The van der Waals surface area contributed by atoms with E-state index in [4.69, 9.17) is 21.4 Å². The highest BCUT2D eigenvalue weighted by Crippen LogP contribution is 2.18. The number of rotatable bonds is 5. The molecule has 0 saturated carbocycles. The van der Waals surface area contributed by atoms with Crippen LogP contribution in [0.15, 0.2) is 24.3 Å². The number of carbonyl (C=O) groups is 1. The summed E-state index contributed by atoms with van der Waals surface area (Å²) in [6.45, 7) is 1.90. The third-order valence-electron chi connectivity index (χ3n) is 2.99. The van der Waals surface area contributed by atoms with E-state index in [1.54, 1.807) is 23.9 Å². The zero-order valence-electron chi connectivity index (χ0n) is 10.4. The molecule has 0 spiro atoms. The van der Waals surface area contributed by atoms with Crippen molar-refractivity contribution in [2.45, 2.75) is 6.04 Å². The fraction of sp³-hybridized carbons (Fsp3) is 0.462. The Balaban J connectivity index is 1.80. The lowest BCUT2D eigenvalue weighted by Crippen LogP contribution is -2.48. The molecule has 1 unspecified atom stereocenters. The molecule has 1 aliphatic heterocycles. The number of benzene rings is 1. The van der Waals surface area contributed by atoms with E-state index in [1.165, 1.54) is 0 Å². The fourth-order valence-electron chi connectivity index (χ4n) is 1.94. The molecule has 4 nitrogen and oxygen atoms in total. The van der Waals surface area contributed by atoms with E-state index in [9.17, 15) is 4.79 Å². The van der Waals surface area contributed by atoms with Crippen molar-refractivity contribution in [1.82, 2.24) is 4.90 Å². The summed E-state index contributed by atoms with van der Waals surface area (Å²) in [5.74, 6) is 1.63. The smallest absolute Gasteiger partial charge is 0.321 e. The number of nitrogens with zero attached hydrogens (tertiary/aromatic N) is 1. The van der Waals surface area contributed by atoms with Gasteiger partial charge in [0.1, 0.15) is 18.4 Å². The number of hydrogen-bond acceptors (Lipinski definition) is 4. The molecule has 0 bridgehead atoms. The number of hydrogen-bond donors (Lipinski definition) is 1. The van der Waals surface area contributed by atoms with Gasteiger partial charge in [-0.25, -0.2) is 0 Å². The summed E-state index contributed by atoms with van der Waals surface area (Å²) in [6, 6.07) is 6.77. The lowest BCUT2D eigenvalue weighted by molar-refractivity contribution is -0.142. The minimum atomic E-state index is -0.751. The molecule has 1 atom stereocenters. The topological polar surface area (TPSA) is 49.8 Å². The lowest BCUT2D eigenvalue weighted by atomic mass is 10.2. The van der Waals surface area contributed by atoms with E-state index in [2.05, 4.69) is 0 Å². The van der Waals surface area contributed by atoms with Crippen LogP contribution >= 0.6 is 23.4 Å². The van der Waals surface area contributed by atoms with E-state index >= 15 is 0 Å². The van der Waals surface area contributed by atoms with Gasteiger partial charge in [0.15, 0.2) is 0 Å². The van der Waals surface area contributed by atoms with Gasteiger partial charge < -0.3 is 9.84 Å². The van der Waals surface area contributed by atoms with Crippen LogP contribution in [-0.4, -0.2) is 53.2 Å². The fourth-order valence-corrected chi connectivity index (χ4v) is 3.18. The van der Waals surface area contributed by atoms with E-state index in [0.29, 0.717) is 23.9 Å². The first-order valence-electron chi connectivity index (χ1n) is 6.10. The predicted octanol–water partition coefficient (Wildman–Crippen LogP) is 2.22. The number of halogens is 1. The van der Waals surface area contributed by atoms with E-state index in [1.807, 2.05) is 17.0 Å². The number of aliphatic carboxylic acids is 1. The van der Waals surface area contributed by atoms with Gasteiger partial charge in [-0.1, -0.05) is 11.6 Å². The van der Waals surface area contributed by atoms with E-state index in [0.717, 1.165) is 18.0 Å². The van der Waals surface area contributed by atoms with Crippen molar-refractivity contribution in [3.63, 3.8) is 0 Å². The Kier molecular flexibility index (Phi) is 5.36. The van der Waals surface area contributed by atoms with Crippen molar-refractivity contribution < 1.29 is 14.6 Å². The summed E-state index contributed by atoms with van der Waals surface area (Å²) in [6.07, 6.45) is 0.